The predicted molar refractivity (Wildman–Crippen MR) is 119 cm³/mol. The summed E-state index contributed by atoms with van der Waals surface area (Å²) in [6.07, 6.45) is 0.776. The van der Waals surface area contributed by atoms with Gasteiger partial charge in [-0.2, -0.15) is 10.4 Å². The number of hydrogen-bond acceptors (Lipinski definition) is 5. The van der Waals surface area contributed by atoms with E-state index in [2.05, 4.69) is 16.5 Å². The number of ether oxygens (including phenoxy) is 1. The number of hydrazone groups is 1. The molecule has 1 aliphatic rings. The van der Waals surface area contributed by atoms with E-state index in [1.165, 1.54) is 5.01 Å². The van der Waals surface area contributed by atoms with Crippen LogP contribution >= 0.6 is 11.6 Å². The molecule has 3 rings (SSSR count). The third-order valence-electron chi connectivity index (χ3n) is 4.70. The molecule has 0 fully saturated rings. The van der Waals surface area contributed by atoms with Gasteiger partial charge in [-0.05, 0) is 62.2 Å². The zero-order valence-electron chi connectivity index (χ0n) is 17.3. The van der Waals surface area contributed by atoms with Crippen molar-refractivity contribution < 1.29 is 14.3 Å². The SMILES string of the molecule is CC(C)OC(=O)c1ccc(NC(=O)N2CC(CCC#N)C(c3ccc(Cl)cc3)=N2)cc1. The van der Waals surface area contributed by atoms with Gasteiger partial charge in [0.1, 0.15) is 0 Å². The third-order valence-corrected chi connectivity index (χ3v) is 4.95. The van der Waals surface area contributed by atoms with Gasteiger partial charge in [0.05, 0.1) is 30.0 Å². The summed E-state index contributed by atoms with van der Waals surface area (Å²) < 4.78 is 5.16. The van der Waals surface area contributed by atoms with Crippen LogP contribution in [0.3, 0.4) is 0 Å². The highest BCUT2D eigenvalue weighted by Crippen LogP contribution is 2.25. The van der Waals surface area contributed by atoms with Gasteiger partial charge in [0.15, 0.2) is 0 Å². The van der Waals surface area contributed by atoms with Crippen molar-refractivity contribution in [1.82, 2.24) is 5.01 Å². The molecule has 0 bridgehead atoms. The first-order valence-electron chi connectivity index (χ1n) is 9.98. The second-order valence-corrected chi connectivity index (χ2v) is 7.87. The summed E-state index contributed by atoms with van der Waals surface area (Å²) >= 11 is 5.98. The van der Waals surface area contributed by atoms with E-state index in [0.29, 0.717) is 35.7 Å². The average Bonchev–Trinajstić information content (AvgIpc) is 3.17. The summed E-state index contributed by atoms with van der Waals surface area (Å²) in [5.74, 6) is -0.454. The van der Waals surface area contributed by atoms with Crippen molar-refractivity contribution in [3.63, 3.8) is 0 Å². The number of amides is 2. The van der Waals surface area contributed by atoms with Crippen LogP contribution in [0.5, 0.6) is 0 Å². The zero-order chi connectivity index (χ0) is 22.4. The molecule has 0 aromatic heterocycles. The highest BCUT2D eigenvalue weighted by atomic mass is 35.5. The summed E-state index contributed by atoms with van der Waals surface area (Å²) in [4.78, 5) is 24.7. The Balaban J connectivity index is 1.71. The molecule has 8 heteroatoms. The molecule has 1 unspecified atom stereocenters. The van der Waals surface area contributed by atoms with Crippen molar-refractivity contribution in [2.45, 2.75) is 32.8 Å². The number of nitriles is 1. The first-order valence-corrected chi connectivity index (χ1v) is 10.4. The lowest BCUT2D eigenvalue weighted by Gasteiger charge is -2.15. The molecule has 0 radical (unpaired) electrons. The van der Waals surface area contributed by atoms with E-state index < -0.39 is 5.97 Å². The van der Waals surface area contributed by atoms with E-state index in [1.807, 2.05) is 12.1 Å². The van der Waals surface area contributed by atoms with Crippen LogP contribution in [0, 0.1) is 17.2 Å². The molecule has 0 saturated heterocycles. The number of nitrogens with one attached hydrogen (secondary N) is 1. The zero-order valence-corrected chi connectivity index (χ0v) is 18.1. The van der Waals surface area contributed by atoms with Crippen LogP contribution in [0.4, 0.5) is 10.5 Å². The second kappa shape index (κ2) is 10.1. The molecule has 1 N–H and O–H groups in total. The highest BCUT2D eigenvalue weighted by Gasteiger charge is 2.31. The molecule has 1 atom stereocenters. The normalized spacial score (nSPS) is 15.4. The monoisotopic (exact) mass is 438 g/mol. The van der Waals surface area contributed by atoms with E-state index in [-0.39, 0.29) is 18.1 Å². The topological polar surface area (TPSA) is 94.8 Å². The minimum absolute atomic E-state index is 0.0419. The van der Waals surface area contributed by atoms with Crippen molar-refractivity contribution >= 4 is 35.0 Å². The molecule has 2 amide bonds. The number of esters is 1. The van der Waals surface area contributed by atoms with E-state index in [1.54, 1.807) is 50.2 Å². The Kier molecular flexibility index (Phi) is 7.27. The Labute approximate surface area is 186 Å². The Morgan fingerprint density at radius 1 is 1.23 bits per heavy atom. The molecule has 0 saturated carbocycles. The van der Waals surface area contributed by atoms with Gasteiger partial charge in [0.2, 0.25) is 0 Å². The number of carbonyl (C=O) groups is 2. The van der Waals surface area contributed by atoms with Crippen LogP contribution in [0.25, 0.3) is 0 Å². The van der Waals surface area contributed by atoms with Gasteiger partial charge in [-0.1, -0.05) is 23.7 Å². The fraction of sp³-hybridized carbons (Fsp3) is 0.304. The number of carbonyl (C=O) groups excluding carboxylic acids is 2. The smallest absolute Gasteiger partial charge is 0.342 e. The van der Waals surface area contributed by atoms with Crippen LogP contribution in [-0.2, 0) is 4.74 Å². The van der Waals surface area contributed by atoms with Gasteiger partial charge >= 0.3 is 12.0 Å². The number of nitrogens with zero attached hydrogens (tertiary/aromatic N) is 3. The van der Waals surface area contributed by atoms with Crippen molar-refractivity contribution in [2.24, 2.45) is 11.0 Å². The lowest BCUT2D eigenvalue weighted by molar-refractivity contribution is 0.0378. The van der Waals surface area contributed by atoms with E-state index >= 15 is 0 Å². The van der Waals surface area contributed by atoms with Crippen LogP contribution < -0.4 is 5.32 Å². The molecule has 0 spiro atoms. The molecule has 2 aromatic carbocycles. The maximum absolute atomic E-state index is 12.8. The maximum Gasteiger partial charge on any atom is 0.342 e. The Hall–Kier alpha value is -3.37. The average molecular weight is 439 g/mol. The lowest BCUT2D eigenvalue weighted by Crippen LogP contribution is -2.30. The molecule has 2 aromatic rings. The Morgan fingerprint density at radius 3 is 2.52 bits per heavy atom. The summed E-state index contributed by atoms with van der Waals surface area (Å²) in [6, 6.07) is 15.5. The molecule has 31 heavy (non-hydrogen) atoms. The standard InChI is InChI=1S/C23H23ClN4O3/c1-15(2)31-22(29)17-7-11-20(12-8-17)26-23(30)28-14-18(4-3-13-25)21(27-28)16-5-9-19(24)10-6-16/h5-12,15,18H,3-4,14H2,1-2H3,(H,26,30). The van der Waals surface area contributed by atoms with Gasteiger partial charge in [-0.3, -0.25) is 0 Å². The molecular weight excluding hydrogens is 416 g/mol. The minimum atomic E-state index is -0.412. The molecule has 0 aliphatic carbocycles. The summed E-state index contributed by atoms with van der Waals surface area (Å²) in [7, 11) is 0. The quantitative estimate of drug-likeness (QED) is 0.636. The van der Waals surface area contributed by atoms with Crippen LogP contribution in [-0.4, -0.2) is 35.4 Å². The van der Waals surface area contributed by atoms with Crippen LogP contribution in [0.15, 0.2) is 53.6 Å². The summed E-state index contributed by atoms with van der Waals surface area (Å²) in [6.45, 7) is 3.95. The molecule has 7 nitrogen and oxygen atoms in total. The van der Waals surface area contributed by atoms with Gasteiger partial charge < -0.3 is 10.1 Å². The van der Waals surface area contributed by atoms with Crippen molar-refractivity contribution in [3.8, 4) is 6.07 Å². The predicted octanol–water partition coefficient (Wildman–Crippen LogP) is 5.08. The first-order chi connectivity index (χ1) is 14.9. The van der Waals surface area contributed by atoms with Gasteiger partial charge in [-0.15, -0.1) is 0 Å². The number of benzene rings is 2. The Morgan fingerprint density at radius 2 is 1.90 bits per heavy atom. The number of anilines is 1. The van der Waals surface area contributed by atoms with Crippen molar-refractivity contribution in [1.29, 1.82) is 5.26 Å². The fourth-order valence-corrected chi connectivity index (χ4v) is 3.34. The Bertz CT molecular complexity index is 1010. The molecular formula is C23H23ClN4O3. The van der Waals surface area contributed by atoms with Crippen molar-refractivity contribution in [3.05, 3.63) is 64.7 Å². The van der Waals surface area contributed by atoms with Crippen LogP contribution in [0.1, 0.15) is 42.6 Å². The van der Waals surface area contributed by atoms with E-state index in [4.69, 9.17) is 21.6 Å². The molecule has 1 heterocycles. The van der Waals surface area contributed by atoms with E-state index in [0.717, 1.165) is 11.3 Å². The third kappa shape index (κ3) is 5.83. The summed E-state index contributed by atoms with van der Waals surface area (Å²) in [5, 5.41) is 18.2. The van der Waals surface area contributed by atoms with E-state index in [9.17, 15) is 9.59 Å². The number of halogens is 1. The molecule has 1 aliphatic heterocycles. The molecule has 160 valence electrons. The number of hydrogen-bond donors (Lipinski definition) is 1. The largest absolute Gasteiger partial charge is 0.459 e. The van der Waals surface area contributed by atoms with Crippen molar-refractivity contribution in [2.75, 3.05) is 11.9 Å². The number of urea groups is 1. The van der Waals surface area contributed by atoms with Gasteiger partial charge in [0.25, 0.3) is 0 Å². The maximum atomic E-state index is 12.8. The first kappa shape index (κ1) is 22.3. The van der Waals surface area contributed by atoms with Gasteiger partial charge in [-0.25, -0.2) is 14.6 Å². The fourth-order valence-electron chi connectivity index (χ4n) is 3.22. The van der Waals surface area contributed by atoms with Gasteiger partial charge in [0, 0.05) is 23.0 Å². The minimum Gasteiger partial charge on any atom is -0.459 e. The second-order valence-electron chi connectivity index (χ2n) is 7.43. The highest BCUT2D eigenvalue weighted by molar-refractivity contribution is 6.30. The summed E-state index contributed by atoms with van der Waals surface area (Å²) in [5.41, 5.74) is 2.58. The lowest BCUT2D eigenvalue weighted by atomic mass is 9.93. The number of rotatable bonds is 6. The van der Waals surface area contributed by atoms with Crippen LogP contribution in [0.2, 0.25) is 5.02 Å².